The van der Waals surface area contributed by atoms with Crippen LogP contribution in [0.2, 0.25) is 0 Å². The minimum absolute atomic E-state index is 0.966. The second kappa shape index (κ2) is 6.72. The van der Waals surface area contributed by atoms with Gasteiger partial charge in [-0.2, -0.15) is 0 Å². The van der Waals surface area contributed by atoms with Crippen LogP contribution in [-0.4, -0.2) is 38.0 Å². The van der Waals surface area contributed by atoms with Gasteiger partial charge in [0, 0.05) is 22.2 Å². The summed E-state index contributed by atoms with van der Waals surface area (Å²) in [4.78, 5) is 4.44. The Hall–Kier alpha value is -0.870. The lowest BCUT2D eigenvalue weighted by molar-refractivity contribution is 0.393. The van der Waals surface area contributed by atoms with Gasteiger partial charge in [0.25, 0.3) is 0 Å². The van der Waals surface area contributed by atoms with Crippen LogP contribution in [0.3, 0.4) is 0 Å². The third-order valence-electron chi connectivity index (χ3n) is 3.11. The summed E-state index contributed by atoms with van der Waals surface area (Å²) >= 11 is 2.48. The van der Waals surface area contributed by atoms with E-state index in [-0.39, 0.29) is 0 Å². The maximum atomic E-state index is 3.30. The summed E-state index contributed by atoms with van der Waals surface area (Å²) < 4.78 is 1.38. The molecule has 1 aliphatic rings. The highest BCUT2D eigenvalue weighted by Crippen LogP contribution is 2.27. The van der Waals surface area contributed by atoms with Gasteiger partial charge in [0.05, 0.1) is 0 Å². The topological polar surface area (TPSA) is 6.48 Å². The molecule has 0 saturated carbocycles. The average Bonchev–Trinajstić information content (AvgIpc) is 2.86. The SMILES string of the molecule is CN(C)Cc1cc(C2=C=CC=C2)cc(CN(C)C)c1I. The predicted octanol–water partition coefficient (Wildman–Crippen LogP) is 3.52. The molecule has 0 aliphatic heterocycles. The summed E-state index contributed by atoms with van der Waals surface area (Å²) in [5.41, 5.74) is 8.53. The van der Waals surface area contributed by atoms with Crippen LogP contribution in [-0.2, 0) is 13.1 Å². The van der Waals surface area contributed by atoms with E-state index < -0.39 is 0 Å². The van der Waals surface area contributed by atoms with E-state index >= 15 is 0 Å². The smallest absolute Gasteiger partial charge is 0.0238 e. The van der Waals surface area contributed by atoms with Crippen molar-refractivity contribution in [3.8, 4) is 0 Å². The normalized spacial score (nSPS) is 13.7. The van der Waals surface area contributed by atoms with E-state index in [4.69, 9.17) is 0 Å². The Morgan fingerprint density at radius 2 is 1.55 bits per heavy atom. The number of rotatable bonds is 5. The van der Waals surface area contributed by atoms with Crippen molar-refractivity contribution in [2.75, 3.05) is 28.2 Å². The van der Waals surface area contributed by atoms with E-state index in [0.717, 1.165) is 13.1 Å². The van der Waals surface area contributed by atoms with Crippen LogP contribution in [0.25, 0.3) is 5.57 Å². The van der Waals surface area contributed by atoms with Crippen molar-refractivity contribution >= 4 is 28.2 Å². The molecule has 0 unspecified atom stereocenters. The standard InChI is InChI=1S/C17H21IN2/c1-19(2)11-15-9-14(13-7-5-6-8-13)10-16(17(15)18)12-20(3)4/h5-7,9-10H,11-12H2,1-4H3. The molecule has 0 heterocycles. The van der Waals surface area contributed by atoms with Crippen molar-refractivity contribution in [3.63, 3.8) is 0 Å². The minimum Gasteiger partial charge on any atom is -0.305 e. The van der Waals surface area contributed by atoms with E-state index in [9.17, 15) is 0 Å². The molecule has 0 spiro atoms. The summed E-state index contributed by atoms with van der Waals surface area (Å²) in [5.74, 6) is 0. The molecule has 0 aromatic heterocycles. The average molecular weight is 380 g/mol. The molecule has 1 aromatic rings. The number of halogens is 1. The van der Waals surface area contributed by atoms with Crippen LogP contribution in [0.15, 0.2) is 36.1 Å². The lowest BCUT2D eigenvalue weighted by Gasteiger charge is -2.18. The highest BCUT2D eigenvalue weighted by molar-refractivity contribution is 14.1. The van der Waals surface area contributed by atoms with Crippen LogP contribution in [0, 0.1) is 3.57 Å². The molecule has 0 radical (unpaired) electrons. The molecule has 106 valence electrons. The molecule has 3 heteroatoms. The zero-order chi connectivity index (χ0) is 14.7. The number of hydrogen-bond acceptors (Lipinski definition) is 2. The maximum Gasteiger partial charge on any atom is 0.0238 e. The monoisotopic (exact) mass is 380 g/mol. The molecular weight excluding hydrogens is 359 g/mol. The molecule has 0 amide bonds. The molecule has 0 fully saturated rings. The van der Waals surface area contributed by atoms with Gasteiger partial charge in [0.2, 0.25) is 0 Å². The van der Waals surface area contributed by atoms with Gasteiger partial charge >= 0.3 is 0 Å². The second-order valence-corrected chi connectivity index (χ2v) is 6.75. The third-order valence-corrected chi connectivity index (χ3v) is 4.49. The third kappa shape index (κ3) is 3.83. The zero-order valence-electron chi connectivity index (χ0n) is 12.6. The molecular formula is C17H21IN2. The van der Waals surface area contributed by atoms with E-state index in [2.05, 4.69) is 84.5 Å². The molecule has 1 aromatic carbocycles. The first-order valence-electron chi connectivity index (χ1n) is 6.72. The number of allylic oxidation sites excluding steroid dienone is 3. The zero-order valence-corrected chi connectivity index (χ0v) is 14.7. The van der Waals surface area contributed by atoms with Gasteiger partial charge in [-0.25, -0.2) is 0 Å². The summed E-state index contributed by atoms with van der Waals surface area (Å²) in [5, 5.41) is 0. The number of nitrogens with zero attached hydrogens (tertiary/aromatic N) is 2. The summed E-state index contributed by atoms with van der Waals surface area (Å²) in [7, 11) is 8.46. The highest BCUT2D eigenvalue weighted by atomic mass is 127. The highest BCUT2D eigenvalue weighted by Gasteiger charge is 2.12. The van der Waals surface area contributed by atoms with E-state index in [1.807, 2.05) is 12.2 Å². The maximum absolute atomic E-state index is 3.30. The summed E-state index contributed by atoms with van der Waals surface area (Å²) in [6.45, 7) is 1.93. The van der Waals surface area contributed by atoms with Crippen molar-refractivity contribution in [1.29, 1.82) is 0 Å². The van der Waals surface area contributed by atoms with Gasteiger partial charge in [-0.15, -0.1) is 5.73 Å². The fraction of sp³-hybridized carbons (Fsp3) is 0.353. The lowest BCUT2D eigenvalue weighted by Crippen LogP contribution is -2.16. The van der Waals surface area contributed by atoms with Gasteiger partial charge in [-0.3, -0.25) is 0 Å². The van der Waals surface area contributed by atoms with Crippen molar-refractivity contribution in [2.24, 2.45) is 0 Å². The molecule has 0 bridgehead atoms. The predicted molar refractivity (Wildman–Crippen MR) is 94.6 cm³/mol. The van der Waals surface area contributed by atoms with Crippen molar-refractivity contribution in [3.05, 3.63) is 56.4 Å². The fourth-order valence-electron chi connectivity index (χ4n) is 2.33. The Kier molecular flexibility index (Phi) is 5.22. The van der Waals surface area contributed by atoms with Crippen molar-refractivity contribution in [1.82, 2.24) is 9.80 Å². The molecule has 20 heavy (non-hydrogen) atoms. The van der Waals surface area contributed by atoms with Gasteiger partial charge in [-0.1, -0.05) is 6.08 Å². The largest absolute Gasteiger partial charge is 0.305 e. The Balaban J connectivity index is 2.47. The van der Waals surface area contributed by atoms with E-state index in [0.29, 0.717) is 0 Å². The van der Waals surface area contributed by atoms with Gasteiger partial charge < -0.3 is 9.80 Å². The molecule has 0 atom stereocenters. The quantitative estimate of drug-likeness (QED) is 0.570. The Morgan fingerprint density at radius 3 is 1.95 bits per heavy atom. The molecule has 0 saturated heterocycles. The van der Waals surface area contributed by atoms with E-state index in [1.165, 1.54) is 25.8 Å². The molecule has 2 rings (SSSR count). The van der Waals surface area contributed by atoms with Gasteiger partial charge in [-0.05, 0) is 91.8 Å². The number of benzene rings is 1. The summed E-state index contributed by atoms with van der Waals surface area (Å²) in [6, 6.07) is 4.60. The second-order valence-electron chi connectivity index (χ2n) is 5.67. The summed E-state index contributed by atoms with van der Waals surface area (Å²) in [6.07, 6.45) is 6.15. The van der Waals surface area contributed by atoms with Crippen LogP contribution < -0.4 is 0 Å². The Labute approximate surface area is 135 Å². The molecule has 2 nitrogen and oxygen atoms in total. The van der Waals surface area contributed by atoms with Crippen molar-refractivity contribution < 1.29 is 0 Å². The number of hydrogen-bond donors (Lipinski definition) is 0. The molecule has 1 aliphatic carbocycles. The first kappa shape index (κ1) is 15.5. The lowest BCUT2D eigenvalue weighted by atomic mass is 10.00. The van der Waals surface area contributed by atoms with Crippen LogP contribution >= 0.6 is 22.6 Å². The van der Waals surface area contributed by atoms with Crippen molar-refractivity contribution in [2.45, 2.75) is 13.1 Å². The fourth-order valence-corrected chi connectivity index (χ4v) is 2.98. The van der Waals surface area contributed by atoms with Crippen LogP contribution in [0.1, 0.15) is 16.7 Å². The van der Waals surface area contributed by atoms with Crippen LogP contribution in [0.4, 0.5) is 0 Å². The minimum atomic E-state index is 0.966. The Bertz CT molecular complexity index is 560. The Morgan fingerprint density at radius 1 is 1.00 bits per heavy atom. The van der Waals surface area contributed by atoms with E-state index in [1.54, 1.807) is 0 Å². The molecule has 0 N–H and O–H groups in total. The first-order valence-corrected chi connectivity index (χ1v) is 7.79. The van der Waals surface area contributed by atoms with Crippen LogP contribution in [0.5, 0.6) is 0 Å². The van der Waals surface area contributed by atoms with Gasteiger partial charge in [0.1, 0.15) is 0 Å². The van der Waals surface area contributed by atoms with Gasteiger partial charge in [0.15, 0.2) is 0 Å². The first-order chi connectivity index (χ1) is 9.47.